The van der Waals surface area contributed by atoms with Crippen LogP contribution in [0.5, 0.6) is 0 Å². The van der Waals surface area contributed by atoms with Gasteiger partial charge in [-0.2, -0.15) is 0 Å². The van der Waals surface area contributed by atoms with Gasteiger partial charge >= 0.3 is 0 Å². The molecule has 5 heteroatoms. The van der Waals surface area contributed by atoms with Gasteiger partial charge in [0, 0.05) is 21.4 Å². The fourth-order valence-corrected chi connectivity index (χ4v) is 0.0642. The quantitative estimate of drug-likeness (QED) is 0.362. The lowest BCUT2D eigenvalue weighted by atomic mass is 9.35. The number of hydrogen-bond donors (Lipinski definition) is 0. The summed E-state index contributed by atoms with van der Waals surface area (Å²) < 4.78 is 11.5. The van der Waals surface area contributed by atoms with Gasteiger partial charge < -0.3 is 0 Å². The second kappa shape index (κ2) is 3.38. The van der Waals surface area contributed by atoms with E-state index in [9.17, 15) is 4.39 Å². The zero-order chi connectivity index (χ0) is 4.99. The van der Waals surface area contributed by atoms with Crippen molar-refractivity contribution in [1.82, 2.24) is 0 Å². The summed E-state index contributed by atoms with van der Waals surface area (Å²) in [5, 5.41) is 0. The molecule has 0 unspecified atom stereocenters. The smallest absolute Gasteiger partial charge is 0.0882 e. The van der Waals surface area contributed by atoms with E-state index in [-0.39, 0.29) is 0 Å². The molecular formula is CHB4F. The maximum Gasteiger partial charge on any atom is 0.0882 e. The monoisotopic (exact) mass is 76.0 g/mol. The van der Waals surface area contributed by atoms with E-state index in [2.05, 4.69) is 15.5 Å². The van der Waals surface area contributed by atoms with E-state index in [1.54, 1.807) is 0 Å². The van der Waals surface area contributed by atoms with Crippen LogP contribution in [0.4, 0.5) is 4.39 Å². The molecule has 24 valence electrons. The molecule has 0 atom stereocenters. The van der Waals surface area contributed by atoms with E-state index >= 15 is 0 Å². The topological polar surface area (TPSA) is 0 Å². The molecule has 0 aromatic heterocycles. The van der Waals surface area contributed by atoms with Gasteiger partial charge in [-0.3, -0.25) is 4.39 Å². The Morgan fingerprint density at radius 2 is 1.67 bits per heavy atom. The summed E-state index contributed by atoms with van der Waals surface area (Å²) >= 11 is 0. The minimum absolute atomic E-state index is 0.875. The first-order valence-corrected chi connectivity index (χ1v) is 1.55. The fourth-order valence-electron chi connectivity index (χ4n) is 0.0642. The largest absolute Gasteiger partial charge is 0.269 e. The lowest BCUT2D eigenvalue weighted by molar-refractivity contribution is 0.548. The Balaban J connectivity index is 2.75. The van der Waals surface area contributed by atoms with Crippen molar-refractivity contribution in [2.75, 3.05) is 0 Å². The summed E-state index contributed by atoms with van der Waals surface area (Å²) in [5.41, 5.74) is 0. The highest BCUT2D eigenvalue weighted by Crippen LogP contribution is 1.75. The number of hydrogen-bond acceptors (Lipinski definition) is 0. The molecule has 0 N–H and O–H groups in total. The molecule has 0 aromatic carbocycles. The molecule has 6 radical (unpaired) electrons. The highest BCUT2D eigenvalue weighted by molar-refractivity contribution is 7.03. The van der Waals surface area contributed by atoms with Crippen LogP contribution in [-0.4, -0.2) is 35.8 Å². The Morgan fingerprint density at radius 1 is 1.33 bits per heavy atom. The molecule has 0 amide bonds. The minimum Gasteiger partial charge on any atom is -0.269 e. The van der Waals surface area contributed by atoms with Gasteiger partial charge in [-0.15, -0.1) is 0 Å². The molecule has 0 aliphatic carbocycles. The molecule has 0 saturated carbocycles. The van der Waals surface area contributed by atoms with Crippen molar-refractivity contribution in [3.05, 3.63) is 0 Å². The molecule has 6 heavy (non-hydrogen) atoms. The standard InChI is InChI=1S/CHB4F/c2-4-1(6)5-3/h1H. The highest BCUT2D eigenvalue weighted by Gasteiger charge is 1.95. The molecule has 0 saturated heterocycles. The van der Waals surface area contributed by atoms with Crippen molar-refractivity contribution in [3.8, 4) is 0 Å². The van der Waals surface area contributed by atoms with Gasteiger partial charge in [0.25, 0.3) is 0 Å². The predicted octanol–water partition coefficient (Wildman–Crippen LogP) is -1.19. The number of alkyl halides is 1. The maximum atomic E-state index is 11.5. The van der Waals surface area contributed by atoms with Gasteiger partial charge in [0.1, 0.15) is 0 Å². The predicted molar refractivity (Wildman–Crippen MR) is 27.9 cm³/mol. The zero-order valence-corrected chi connectivity index (χ0v) is 3.26. The Labute approximate surface area is 41.1 Å². The van der Waals surface area contributed by atoms with Crippen LogP contribution in [-0.2, 0) is 0 Å². The molecule has 0 aliphatic heterocycles. The van der Waals surface area contributed by atoms with Crippen LogP contribution < -0.4 is 0 Å². The van der Waals surface area contributed by atoms with Gasteiger partial charge in [0.2, 0.25) is 0 Å². The van der Waals surface area contributed by atoms with Crippen LogP contribution in [0.3, 0.4) is 0 Å². The minimum atomic E-state index is -1.26. The average Bonchev–Trinajstić information content (AvgIpc) is 1.65. The van der Waals surface area contributed by atoms with Crippen LogP contribution in [0.1, 0.15) is 0 Å². The molecule has 0 bridgehead atoms. The second-order valence-electron chi connectivity index (χ2n) is 0.829. The lowest BCUT2D eigenvalue weighted by Crippen LogP contribution is -2.19. The first kappa shape index (κ1) is 6.19. The van der Waals surface area contributed by atoms with Gasteiger partial charge in [-0.05, 0) is 0 Å². The summed E-state index contributed by atoms with van der Waals surface area (Å²) in [7, 11) is 11.1. The molecule has 0 aromatic rings. The summed E-state index contributed by atoms with van der Waals surface area (Å²) in [6, 6.07) is 0. The van der Waals surface area contributed by atoms with Crippen LogP contribution in [0, 0.1) is 0 Å². The van der Waals surface area contributed by atoms with Gasteiger partial charge in [-0.25, -0.2) is 0 Å². The van der Waals surface area contributed by atoms with Crippen molar-refractivity contribution in [2.24, 2.45) is 0 Å². The number of rotatable bonds is 2. The molecule has 0 spiro atoms. The average molecular weight is 75.3 g/mol. The summed E-state index contributed by atoms with van der Waals surface area (Å²) in [5.74, 6) is -1.26. The molecule has 0 rings (SSSR count). The molecular weight excluding hydrogens is 74.3 g/mol. The summed E-state index contributed by atoms with van der Waals surface area (Å²) in [4.78, 5) is 0. The Kier molecular flexibility index (Phi) is 3.49. The van der Waals surface area contributed by atoms with Crippen LogP contribution >= 0.6 is 0 Å². The van der Waals surface area contributed by atoms with E-state index in [4.69, 9.17) is 0 Å². The van der Waals surface area contributed by atoms with Gasteiger partial charge in [0.05, 0.1) is 14.3 Å². The third kappa shape index (κ3) is 2.43. The van der Waals surface area contributed by atoms with Crippen LogP contribution in [0.25, 0.3) is 0 Å². The summed E-state index contributed by atoms with van der Waals surface area (Å²) in [6.07, 6.45) is 0. The molecule has 0 nitrogen and oxygen atoms in total. The van der Waals surface area contributed by atoms with Crippen molar-refractivity contribution < 1.29 is 4.39 Å². The fraction of sp³-hybridized carbons (Fsp3) is 1.00. The normalized spacial score (nSPS) is 8.33. The van der Waals surface area contributed by atoms with Crippen LogP contribution in [0.15, 0.2) is 0 Å². The van der Waals surface area contributed by atoms with Crippen molar-refractivity contribution in [3.63, 3.8) is 0 Å². The van der Waals surface area contributed by atoms with Crippen LogP contribution in [0.2, 0.25) is 0 Å². The highest BCUT2D eigenvalue weighted by atomic mass is 19.1. The maximum absolute atomic E-state index is 11.5. The van der Waals surface area contributed by atoms with E-state index in [1.807, 2.05) is 0 Å². The third-order valence-electron chi connectivity index (χ3n) is 0.368. The Morgan fingerprint density at radius 3 is 1.67 bits per heavy atom. The molecule has 0 aliphatic rings. The van der Waals surface area contributed by atoms with Gasteiger partial charge in [0.15, 0.2) is 0 Å². The van der Waals surface area contributed by atoms with Crippen molar-refractivity contribution in [2.45, 2.75) is 5.97 Å². The Bertz CT molecular complexity index is 26.7. The first-order valence-electron chi connectivity index (χ1n) is 1.55. The van der Waals surface area contributed by atoms with Crippen molar-refractivity contribution >= 4 is 29.8 Å². The molecule has 0 fully saturated rings. The third-order valence-corrected chi connectivity index (χ3v) is 0.368. The zero-order valence-electron chi connectivity index (χ0n) is 3.26. The van der Waals surface area contributed by atoms with E-state index in [0.29, 0.717) is 0 Å². The summed E-state index contributed by atoms with van der Waals surface area (Å²) in [6.45, 7) is 0. The lowest BCUT2D eigenvalue weighted by Gasteiger charge is -1.92. The van der Waals surface area contributed by atoms with E-state index in [1.165, 1.54) is 0 Å². The SMILES string of the molecule is [B][B]C(F)[B][B]. The molecule has 0 heterocycles. The van der Waals surface area contributed by atoms with Gasteiger partial charge in [-0.1, -0.05) is 0 Å². The van der Waals surface area contributed by atoms with E-state index < -0.39 is 5.97 Å². The van der Waals surface area contributed by atoms with E-state index in [0.717, 1.165) is 14.3 Å². The van der Waals surface area contributed by atoms with Crippen molar-refractivity contribution in [1.29, 1.82) is 0 Å². The first-order chi connectivity index (χ1) is 2.81. The number of halogens is 1. The second-order valence-corrected chi connectivity index (χ2v) is 0.829. The Hall–Kier alpha value is 0.190.